The van der Waals surface area contributed by atoms with Gasteiger partial charge in [0.1, 0.15) is 18.1 Å². The van der Waals surface area contributed by atoms with Gasteiger partial charge in [0.2, 0.25) is 5.88 Å². The summed E-state index contributed by atoms with van der Waals surface area (Å²) < 4.78 is 19.2. The van der Waals surface area contributed by atoms with Crippen LogP contribution < -0.4 is 4.74 Å². The van der Waals surface area contributed by atoms with Crippen molar-refractivity contribution >= 4 is 0 Å². The molecule has 0 saturated heterocycles. The van der Waals surface area contributed by atoms with Gasteiger partial charge in [-0.15, -0.1) is 10.2 Å². The molecule has 0 N–H and O–H groups in total. The summed E-state index contributed by atoms with van der Waals surface area (Å²) in [6.07, 6.45) is 1.70. The number of hydrogen-bond donors (Lipinski definition) is 0. The van der Waals surface area contributed by atoms with Crippen molar-refractivity contribution in [3.8, 4) is 17.3 Å². The molecule has 0 saturated carbocycles. The van der Waals surface area contributed by atoms with E-state index >= 15 is 0 Å². The van der Waals surface area contributed by atoms with E-state index in [0.717, 1.165) is 11.3 Å². The Morgan fingerprint density at radius 3 is 2.59 bits per heavy atom. The van der Waals surface area contributed by atoms with Crippen molar-refractivity contribution in [3.05, 3.63) is 71.7 Å². The van der Waals surface area contributed by atoms with E-state index in [2.05, 4.69) is 15.2 Å². The maximum atomic E-state index is 13.7. The molecular formula is C17H14FN3O. The summed E-state index contributed by atoms with van der Waals surface area (Å²) in [6, 6.07) is 14.1. The van der Waals surface area contributed by atoms with Gasteiger partial charge in [-0.25, -0.2) is 4.39 Å². The lowest BCUT2D eigenvalue weighted by molar-refractivity contribution is 0.284. The maximum Gasteiger partial charge on any atom is 0.233 e. The van der Waals surface area contributed by atoms with E-state index in [1.807, 2.05) is 31.2 Å². The van der Waals surface area contributed by atoms with Crippen molar-refractivity contribution in [3.63, 3.8) is 0 Å². The number of benzene rings is 1. The van der Waals surface area contributed by atoms with Gasteiger partial charge in [0.25, 0.3) is 0 Å². The predicted octanol–water partition coefficient (Wildman–Crippen LogP) is 3.57. The van der Waals surface area contributed by atoms with Gasteiger partial charge in [0.15, 0.2) is 0 Å². The first kappa shape index (κ1) is 14.1. The highest BCUT2D eigenvalue weighted by Gasteiger charge is 2.05. The Morgan fingerprint density at radius 2 is 1.91 bits per heavy atom. The molecule has 0 amide bonds. The smallest absolute Gasteiger partial charge is 0.233 e. The zero-order valence-corrected chi connectivity index (χ0v) is 12.0. The standard InChI is InChI=1S/C17H14FN3O/c1-12-5-6-13(14(18)10-12)11-22-17-8-7-16(20-21-17)15-4-2-3-9-19-15/h2-10H,11H2,1H3. The lowest BCUT2D eigenvalue weighted by Crippen LogP contribution is -2.01. The molecule has 0 fully saturated rings. The highest BCUT2D eigenvalue weighted by Crippen LogP contribution is 2.16. The van der Waals surface area contributed by atoms with E-state index < -0.39 is 0 Å². The van der Waals surface area contributed by atoms with Gasteiger partial charge in [-0.1, -0.05) is 18.2 Å². The molecule has 5 heteroatoms. The van der Waals surface area contributed by atoms with E-state index in [1.54, 1.807) is 24.4 Å². The number of aryl methyl sites for hydroxylation is 1. The fraction of sp³-hybridized carbons (Fsp3) is 0.118. The number of pyridine rings is 1. The van der Waals surface area contributed by atoms with Gasteiger partial charge < -0.3 is 4.74 Å². The molecule has 0 bridgehead atoms. The third-order valence-electron chi connectivity index (χ3n) is 3.15. The molecule has 0 aliphatic heterocycles. The highest BCUT2D eigenvalue weighted by atomic mass is 19.1. The monoisotopic (exact) mass is 295 g/mol. The van der Waals surface area contributed by atoms with Gasteiger partial charge >= 0.3 is 0 Å². The van der Waals surface area contributed by atoms with E-state index in [4.69, 9.17) is 4.74 Å². The first-order valence-electron chi connectivity index (χ1n) is 6.85. The summed E-state index contributed by atoms with van der Waals surface area (Å²) >= 11 is 0. The highest BCUT2D eigenvalue weighted by molar-refractivity contribution is 5.52. The second-order valence-corrected chi connectivity index (χ2v) is 4.86. The Labute approximate surface area is 127 Å². The van der Waals surface area contributed by atoms with Crippen LogP contribution >= 0.6 is 0 Å². The minimum atomic E-state index is -0.280. The number of nitrogens with zero attached hydrogens (tertiary/aromatic N) is 3. The summed E-state index contributed by atoms with van der Waals surface area (Å²) in [5.41, 5.74) is 2.77. The zero-order chi connectivity index (χ0) is 15.4. The van der Waals surface area contributed by atoms with Crippen LogP contribution in [0.1, 0.15) is 11.1 Å². The predicted molar refractivity (Wildman–Crippen MR) is 80.7 cm³/mol. The van der Waals surface area contributed by atoms with Crippen LogP contribution in [0.3, 0.4) is 0 Å². The maximum absolute atomic E-state index is 13.7. The molecule has 0 aliphatic carbocycles. The topological polar surface area (TPSA) is 47.9 Å². The van der Waals surface area contributed by atoms with E-state index in [1.165, 1.54) is 6.07 Å². The molecular weight excluding hydrogens is 281 g/mol. The average Bonchev–Trinajstić information content (AvgIpc) is 2.55. The van der Waals surface area contributed by atoms with Crippen LogP contribution in [0.15, 0.2) is 54.7 Å². The summed E-state index contributed by atoms with van der Waals surface area (Å²) in [4.78, 5) is 4.20. The second-order valence-electron chi connectivity index (χ2n) is 4.86. The van der Waals surface area contributed by atoms with Gasteiger partial charge in [0, 0.05) is 17.8 Å². The van der Waals surface area contributed by atoms with Crippen molar-refractivity contribution in [2.24, 2.45) is 0 Å². The largest absolute Gasteiger partial charge is 0.472 e. The Morgan fingerprint density at radius 1 is 1.00 bits per heavy atom. The van der Waals surface area contributed by atoms with Crippen LogP contribution in [-0.2, 0) is 6.61 Å². The first-order chi connectivity index (χ1) is 10.7. The first-order valence-corrected chi connectivity index (χ1v) is 6.85. The number of halogens is 1. The van der Waals surface area contributed by atoms with Gasteiger partial charge in [0.05, 0.1) is 5.69 Å². The van der Waals surface area contributed by atoms with Crippen LogP contribution in [0.4, 0.5) is 4.39 Å². The Kier molecular flexibility index (Phi) is 4.05. The molecule has 0 spiro atoms. The lowest BCUT2D eigenvalue weighted by Gasteiger charge is -2.07. The third kappa shape index (κ3) is 3.25. The summed E-state index contributed by atoms with van der Waals surface area (Å²) in [7, 11) is 0. The van der Waals surface area contributed by atoms with Crippen LogP contribution in [0, 0.1) is 12.7 Å². The molecule has 4 nitrogen and oxygen atoms in total. The molecule has 0 aliphatic rings. The van der Waals surface area contributed by atoms with E-state index in [0.29, 0.717) is 17.1 Å². The van der Waals surface area contributed by atoms with Crippen molar-refractivity contribution in [2.75, 3.05) is 0 Å². The lowest BCUT2D eigenvalue weighted by atomic mass is 10.1. The molecule has 0 radical (unpaired) electrons. The minimum absolute atomic E-state index is 0.115. The second kappa shape index (κ2) is 6.30. The summed E-state index contributed by atoms with van der Waals surface area (Å²) in [5, 5.41) is 8.05. The molecule has 0 atom stereocenters. The van der Waals surface area contributed by atoms with Crippen molar-refractivity contribution in [1.82, 2.24) is 15.2 Å². The molecule has 2 aromatic heterocycles. The van der Waals surface area contributed by atoms with Crippen LogP contribution in [-0.4, -0.2) is 15.2 Å². The van der Waals surface area contributed by atoms with Crippen LogP contribution in [0.25, 0.3) is 11.4 Å². The van der Waals surface area contributed by atoms with Gasteiger partial charge in [-0.3, -0.25) is 4.98 Å². The SMILES string of the molecule is Cc1ccc(COc2ccc(-c3ccccn3)nn2)c(F)c1. The third-order valence-corrected chi connectivity index (χ3v) is 3.15. The fourth-order valence-corrected chi connectivity index (χ4v) is 1.97. The quantitative estimate of drug-likeness (QED) is 0.738. The molecule has 2 heterocycles. The molecule has 1 aromatic carbocycles. The van der Waals surface area contributed by atoms with Crippen molar-refractivity contribution < 1.29 is 9.13 Å². The molecule has 3 aromatic rings. The summed E-state index contributed by atoms with van der Waals surface area (Å²) in [6.45, 7) is 1.96. The van der Waals surface area contributed by atoms with Crippen molar-refractivity contribution in [1.29, 1.82) is 0 Å². The van der Waals surface area contributed by atoms with Crippen molar-refractivity contribution in [2.45, 2.75) is 13.5 Å². The molecule has 110 valence electrons. The Balaban J connectivity index is 1.69. The van der Waals surface area contributed by atoms with Gasteiger partial charge in [-0.2, -0.15) is 0 Å². The zero-order valence-electron chi connectivity index (χ0n) is 12.0. The van der Waals surface area contributed by atoms with Crippen LogP contribution in [0.5, 0.6) is 5.88 Å². The number of ether oxygens (including phenoxy) is 1. The Hall–Kier alpha value is -2.82. The molecule has 0 unspecified atom stereocenters. The van der Waals surface area contributed by atoms with E-state index in [9.17, 15) is 4.39 Å². The Bertz CT molecular complexity index is 761. The fourth-order valence-electron chi connectivity index (χ4n) is 1.97. The number of rotatable bonds is 4. The molecule has 22 heavy (non-hydrogen) atoms. The number of aromatic nitrogens is 3. The minimum Gasteiger partial charge on any atom is -0.472 e. The average molecular weight is 295 g/mol. The number of hydrogen-bond acceptors (Lipinski definition) is 4. The van der Waals surface area contributed by atoms with Crippen LogP contribution in [0.2, 0.25) is 0 Å². The normalized spacial score (nSPS) is 10.5. The van der Waals surface area contributed by atoms with E-state index in [-0.39, 0.29) is 12.4 Å². The van der Waals surface area contributed by atoms with Gasteiger partial charge in [-0.05, 0) is 36.8 Å². The summed E-state index contributed by atoms with van der Waals surface area (Å²) in [5.74, 6) is 0.0673. The molecule has 3 rings (SSSR count).